The molecule has 26 heavy (non-hydrogen) atoms. The van der Waals surface area contributed by atoms with E-state index in [0.29, 0.717) is 23.9 Å². The van der Waals surface area contributed by atoms with Gasteiger partial charge in [0.15, 0.2) is 5.76 Å². The molecule has 1 aliphatic rings. The first-order valence-electron chi connectivity index (χ1n) is 9.14. The standard InChI is InChI=1S/C19H27N3O3S/c1-15-19(16(2)25-21-15)26(23,24)20-10-13-22-11-8-18(9-12-22)14-17-6-4-3-5-7-17/h3-7,18,20H,8-14H2,1-2H3. The SMILES string of the molecule is Cc1noc(C)c1S(=O)(=O)NCCN1CCC(Cc2ccccc2)CC1. The molecule has 0 saturated carbocycles. The van der Waals surface area contributed by atoms with Crippen LogP contribution in [0.1, 0.15) is 29.9 Å². The van der Waals surface area contributed by atoms with Crippen LogP contribution in [-0.2, 0) is 16.4 Å². The van der Waals surface area contributed by atoms with Crippen molar-refractivity contribution in [3.63, 3.8) is 0 Å². The Morgan fingerprint density at radius 1 is 1.19 bits per heavy atom. The molecule has 1 N–H and O–H groups in total. The van der Waals surface area contributed by atoms with Crippen LogP contribution in [0.25, 0.3) is 0 Å². The number of nitrogens with zero attached hydrogens (tertiary/aromatic N) is 2. The average molecular weight is 378 g/mol. The molecule has 6 nitrogen and oxygen atoms in total. The lowest BCUT2D eigenvalue weighted by molar-refractivity contribution is 0.187. The Kier molecular flexibility index (Phi) is 6.11. The van der Waals surface area contributed by atoms with Gasteiger partial charge >= 0.3 is 0 Å². The lowest BCUT2D eigenvalue weighted by Crippen LogP contribution is -2.40. The number of benzene rings is 1. The number of rotatable bonds is 7. The fraction of sp³-hybridized carbons (Fsp3) is 0.526. The topological polar surface area (TPSA) is 75.4 Å². The molecule has 1 aliphatic heterocycles. The van der Waals surface area contributed by atoms with Gasteiger partial charge in [0.05, 0.1) is 0 Å². The zero-order valence-electron chi connectivity index (χ0n) is 15.4. The summed E-state index contributed by atoms with van der Waals surface area (Å²) in [5.74, 6) is 1.05. The summed E-state index contributed by atoms with van der Waals surface area (Å²) in [6.07, 6.45) is 3.45. The van der Waals surface area contributed by atoms with Gasteiger partial charge in [0.2, 0.25) is 10.0 Å². The number of piperidine rings is 1. The predicted molar refractivity (Wildman–Crippen MR) is 100 cm³/mol. The minimum absolute atomic E-state index is 0.166. The molecular formula is C19H27N3O3S. The first kappa shape index (κ1) is 19.1. The fourth-order valence-electron chi connectivity index (χ4n) is 3.63. The zero-order valence-corrected chi connectivity index (χ0v) is 16.3. The van der Waals surface area contributed by atoms with Gasteiger partial charge in [-0.25, -0.2) is 13.1 Å². The predicted octanol–water partition coefficient (Wildman–Crippen LogP) is 2.52. The minimum atomic E-state index is -3.56. The first-order valence-corrected chi connectivity index (χ1v) is 10.6. The second-order valence-corrected chi connectivity index (χ2v) is 8.73. The molecule has 2 aromatic rings. The van der Waals surface area contributed by atoms with Crippen molar-refractivity contribution in [3.05, 3.63) is 47.3 Å². The molecule has 142 valence electrons. The van der Waals surface area contributed by atoms with Crippen LogP contribution in [0.5, 0.6) is 0 Å². The van der Waals surface area contributed by atoms with E-state index in [1.165, 1.54) is 5.56 Å². The van der Waals surface area contributed by atoms with E-state index in [2.05, 4.69) is 45.1 Å². The molecule has 0 aliphatic carbocycles. The summed E-state index contributed by atoms with van der Waals surface area (Å²) < 4.78 is 32.4. The molecule has 1 fully saturated rings. The Morgan fingerprint density at radius 2 is 1.88 bits per heavy atom. The highest BCUT2D eigenvalue weighted by molar-refractivity contribution is 7.89. The molecule has 0 spiro atoms. The summed E-state index contributed by atoms with van der Waals surface area (Å²) in [7, 11) is -3.56. The van der Waals surface area contributed by atoms with Crippen molar-refractivity contribution in [1.82, 2.24) is 14.8 Å². The van der Waals surface area contributed by atoms with Crippen molar-refractivity contribution >= 4 is 10.0 Å². The van der Waals surface area contributed by atoms with Gasteiger partial charge in [0, 0.05) is 13.1 Å². The first-order chi connectivity index (χ1) is 12.5. The third-order valence-corrected chi connectivity index (χ3v) is 6.74. The molecule has 0 amide bonds. The Hall–Kier alpha value is -1.70. The van der Waals surface area contributed by atoms with Gasteiger partial charge in [0.1, 0.15) is 10.6 Å². The van der Waals surface area contributed by atoms with Crippen molar-refractivity contribution in [2.45, 2.75) is 38.0 Å². The number of nitrogens with one attached hydrogen (secondary N) is 1. The van der Waals surface area contributed by atoms with E-state index in [9.17, 15) is 8.42 Å². The molecule has 0 bridgehead atoms. The van der Waals surface area contributed by atoms with E-state index in [4.69, 9.17) is 4.52 Å². The van der Waals surface area contributed by atoms with Crippen molar-refractivity contribution in [2.24, 2.45) is 5.92 Å². The van der Waals surface area contributed by atoms with Crippen LogP contribution in [0.2, 0.25) is 0 Å². The monoisotopic (exact) mass is 377 g/mol. The lowest BCUT2D eigenvalue weighted by Gasteiger charge is -2.32. The maximum absolute atomic E-state index is 12.4. The van der Waals surface area contributed by atoms with Gasteiger partial charge in [0.25, 0.3) is 0 Å². The molecule has 0 unspecified atom stereocenters. The smallest absolute Gasteiger partial charge is 0.246 e. The second-order valence-electron chi connectivity index (χ2n) is 7.03. The van der Waals surface area contributed by atoms with Gasteiger partial charge in [-0.05, 0) is 57.7 Å². The van der Waals surface area contributed by atoms with Crippen molar-refractivity contribution in [3.8, 4) is 0 Å². The number of likely N-dealkylation sites (tertiary alicyclic amines) is 1. The summed E-state index contributed by atoms with van der Waals surface area (Å²) >= 11 is 0. The molecule has 1 aromatic heterocycles. The van der Waals surface area contributed by atoms with Gasteiger partial charge < -0.3 is 9.42 Å². The summed E-state index contributed by atoms with van der Waals surface area (Å²) in [5.41, 5.74) is 1.80. The Labute approximate surface area is 155 Å². The van der Waals surface area contributed by atoms with Gasteiger partial charge in [-0.3, -0.25) is 0 Å². The average Bonchev–Trinajstić information content (AvgIpc) is 2.96. The van der Waals surface area contributed by atoms with E-state index in [1.54, 1.807) is 13.8 Å². The molecule has 7 heteroatoms. The van der Waals surface area contributed by atoms with Crippen LogP contribution >= 0.6 is 0 Å². The number of hydrogen-bond acceptors (Lipinski definition) is 5. The van der Waals surface area contributed by atoms with Crippen LogP contribution in [0.4, 0.5) is 0 Å². The third-order valence-electron chi connectivity index (χ3n) is 5.03. The number of sulfonamides is 1. The van der Waals surface area contributed by atoms with Crippen molar-refractivity contribution in [1.29, 1.82) is 0 Å². The van der Waals surface area contributed by atoms with Crippen LogP contribution in [0.15, 0.2) is 39.8 Å². The summed E-state index contributed by atoms with van der Waals surface area (Å²) in [5, 5.41) is 3.72. The molecule has 3 rings (SSSR count). The van der Waals surface area contributed by atoms with Gasteiger partial charge in [-0.15, -0.1) is 0 Å². The highest BCUT2D eigenvalue weighted by atomic mass is 32.2. The molecule has 1 aromatic carbocycles. The molecule has 0 radical (unpaired) electrons. The molecule has 0 atom stereocenters. The highest BCUT2D eigenvalue weighted by Crippen LogP contribution is 2.22. The maximum Gasteiger partial charge on any atom is 0.246 e. The van der Waals surface area contributed by atoms with E-state index >= 15 is 0 Å². The normalized spacial score (nSPS) is 16.8. The van der Waals surface area contributed by atoms with E-state index in [0.717, 1.165) is 38.9 Å². The zero-order chi connectivity index (χ0) is 18.6. The molecule has 1 saturated heterocycles. The van der Waals surface area contributed by atoms with E-state index < -0.39 is 10.0 Å². The van der Waals surface area contributed by atoms with E-state index in [1.807, 2.05) is 0 Å². The van der Waals surface area contributed by atoms with Crippen LogP contribution in [-0.4, -0.2) is 44.7 Å². The Morgan fingerprint density at radius 3 is 2.50 bits per heavy atom. The van der Waals surface area contributed by atoms with Crippen LogP contribution in [0.3, 0.4) is 0 Å². The summed E-state index contributed by atoms with van der Waals surface area (Å²) in [6, 6.07) is 10.6. The molecular weight excluding hydrogens is 350 g/mol. The third kappa shape index (κ3) is 4.72. The number of aryl methyl sites for hydroxylation is 2. The molecule has 2 heterocycles. The van der Waals surface area contributed by atoms with E-state index in [-0.39, 0.29) is 4.90 Å². The van der Waals surface area contributed by atoms with Crippen molar-refractivity contribution in [2.75, 3.05) is 26.2 Å². The minimum Gasteiger partial charge on any atom is -0.360 e. The van der Waals surface area contributed by atoms with Crippen LogP contribution in [0, 0.1) is 19.8 Å². The van der Waals surface area contributed by atoms with Gasteiger partial charge in [-0.2, -0.15) is 0 Å². The van der Waals surface area contributed by atoms with Crippen molar-refractivity contribution < 1.29 is 12.9 Å². The summed E-state index contributed by atoms with van der Waals surface area (Å²) in [6.45, 7) is 6.42. The highest BCUT2D eigenvalue weighted by Gasteiger charge is 2.24. The largest absolute Gasteiger partial charge is 0.360 e. The number of aromatic nitrogens is 1. The maximum atomic E-state index is 12.4. The quantitative estimate of drug-likeness (QED) is 0.802. The fourth-order valence-corrected chi connectivity index (χ4v) is 4.98. The number of hydrogen-bond donors (Lipinski definition) is 1. The second kappa shape index (κ2) is 8.33. The summed E-state index contributed by atoms with van der Waals surface area (Å²) in [4.78, 5) is 2.50. The Bertz CT molecular complexity index is 790. The van der Waals surface area contributed by atoms with Gasteiger partial charge in [-0.1, -0.05) is 35.5 Å². The lowest BCUT2D eigenvalue weighted by atomic mass is 9.90. The Balaban J connectivity index is 1.43. The van der Waals surface area contributed by atoms with Crippen LogP contribution < -0.4 is 4.72 Å².